The molecule has 2 aromatic carbocycles. The van der Waals surface area contributed by atoms with Crippen molar-refractivity contribution in [2.75, 3.05) is 38.3 Å². The van der Waals surface area contributed by atoms with Gasteiger partial charge in [0.05, 0.1) is 30.8 Å². The number of ether oxygens (including phenoxy) is 3. The van der Waals surface area contributed by atoms with E-state index >= 15 is 0 Å². The second kappa shape index (κ2) is 12.6. The first-order valence-electron chi connectivity index (χ1n) is 11.6. The molecular formula is C25H32N4O5. The lowest BCUT2D eigenvalue weighted by atomic mass is 10.2. The molecule has 34 heavy (non-hydrogen) atoms. The van der Waals surface area contributed by atoms with Crippen molar-refractivity contribution < 1.29 is 23.8 Å². The number of aryl methyl sites for hydroxylation is 1. The molecule has 182 valence electrons. The average Bonchev–Trinajstić information content (AvgIpc) is 3.18. The monoisotopic (exact) mass is 468 g/mol. The van der Waals surface area contributed by atoms with Gasteiger partial charge in [-0.05, 0) is 57.5 Å². The van der Waals surface area contributed by atoms with Crippen molar-refractivity contribution in [2.45, 2.75) is 33.7 Å². The first-order chi connectivity index (χ1) is 16.6. The lowest BCUT2D eigenvalue weighted by molar-refractivity contribution is -0.115. The average molecular weight is 469 g/mol. The fourth-order valence-electron chi connectivity index (χ4n) is 3.49. The van der Waals surface area contributed by atoms with Crippen LogP contribution in [0.4, 0.5) is 5.95 Å². The summed E-state index contributed by atoms with van der Waals surface area (Å²) >= 11 is 0. The van der Waals surface area contributed by atoms with Crippen LogP contribution in [-0.4, -0.2) is 54.3 Å². The molecule has 0 atom stereocenters. The lowest BCUT2D eigenvalue weighted by Crippen LogP contribution is -2.33. The zero-order valence-corrected chi connectivity index (χ0v) is 19.9. The highest BCUT2D eigenvalue weighted by Crippen LogP contribution is 2.28. The fraction of sp³-hybridized carbons (Fsp3) is 0.400. The maximum atomic E-state index is 12.6. The largest absolute Gasteiger partial charge is 0.490 e. The Morgan fingerprint density at radius 1 is 0.971 bits per heavy atom. The van der Waals surface area contributed by atoms with Crippen LogP contribution >= 0.6 is 0 Å². The minimum atomic E-state index is -0.385. The zero-order chi connectivity index (χ0) is 24.3. The number of nitrogens with zero attached hydrogens (tertiary/aromatic N) is 2. The van der Waals surface area contributed by atoms with Gasteiger partial charge in [-0.2, -0.15) is 0 Å². The van der Waals surface area contributed by atoms with Crippen LogP contribution in [0.2, 0.25) is 0 Å². The van der Waals surface area contributed by atoms with E-state index in [1.165, 1.54) is 0 Å². The van der Waals surface area contributed by atoms with Crippen LogP contribution in [0.3, 0.4) is 0 Å². The SMILES string of the molecule is CCOCCCn1c(NC(=O)CNC(=O)c2ccc(OCC)c(OCC)c2)nc2ccccc21. The Labute approximate surface area is 199 Å². The fourth-order valence-corrected chi connectivity index (χ4v) is 3.49. The van der Waals surface area contributed by atoms with E-state index in [0.29, 0.717) is 56.0 Å². The Balaban J connectivity index is 1.64. The number of amides is 2. The maximum absolute atomic E-state index is 12.6. The topological polar surface area (TPSA) is 104 Å². The second-order valence-electron chi connectivity index (χ2n) is 7.38. The number of benzene rings is 2. The van der Waals surface area contributed by atoms with Crippen molar-refractivity contribution in [3.05, 3.63) is 48.0 Å². The van der Waals surface area contributed by atoms with Crippen LogP contribution in [0.5, 0.6) is 11.5 Å². The number of carbonyl (C=O) groups excluding carboxylic acids is 2. The number of rotatable bonds is 13. The highest BCUT2D eigenvalue weighted by atomic mass is 16.5. The maximum Gasteiger partial charge on any atom is 0.251 e. The molecule has 2 N–H and O–H groups in total. The third kappa shape index (κ3) is 6.48. The summed E-state index contributed by atoms with van der Waals surface area (Å²) in [4.78, 5) is 29.8. The summed E-state index contributed by atoms with van der Waals surface area (Å²) in [6.07, 6.45) is 0.785. The molecule has 0 radical (unpaired) electrons. The van der Waals surface area contributed by atoms with Gasteiger partial charge in [0.1, 0.15) is 0 Å². The van der Waals surface area contributed by atoms with Crippen molar-refractivity contribution in [3.8, 4) is 11.5 Å². The number of para-hydroxylation sites is 2. The van der Waals surface area contributed by atoms with E-state index in [0.717, 1.165) is 17.5 Å². The van der Waals surface area contributed by atoms with Crippen LogP contribution in [0.25, 0.3) is 11.0 Å². The van der Waals surface area contributed by atoms with E-state index in [1.807, 2.05) is 49.6 Å². The molecule has 0 fully saturated rings. The molecular weight excluding hydrogens is 436 g/mol. The summed E-state index contributed by atoms with van der Waals surface area (Å²) in [6, 6.07) is 12.6. The third-order valence-electron chi connectivity index (χ3n) is 5.00. The van der Waals surface area contributed by atoms with Gasteiger partial charge in [-0.25, -0.2) is 4.98 Å². The molecule has 0 spiro atoms. The molecule has 0 saturated carbocycles. The normalized spacial score (nSPS) is 10.8. The molecule has 1 aromatic heterocycles. The summed E-state index contributed by atoms with van der Waals surface area (Å²) in [6.45, 7) is 8.36. The van der Waals surface area contributed by atoms with Crippen LogP contribution in [0, 0.1) is 0 Å². The number of nitrogens with one attached hydrogen (secondary N) is 2. The van der Waals surface area contributed by atoms with Crippen LogP contribution < -0.4 is 20.1 Å². The molecule has 0 aliphatic carbocycles. The van der Waals surface area contributed by atoms with Crippen molar-refractivity contribution in [1.29, 1.82) is 0 Å². The molecule has 3 rings (SSSR count). The summed E-state index contributed by atoms with van der Waals surface area (Å²) in [5.74, 6) is 0.746. The summed E-state index contributed by atoms with van der Waals surface area (Å²) in [7, 11) is 0. The number of imidazole rings is 1. The van der Waals surface area contributed by atoms with E-state index in [4.69, 9.17) is 14.2 Å². The Morgan fingerprint density at radius 2 is 1.74 bits per heavy atom. The third-order valence-corrected chi connectivity index (χ3v) is 5.00. The van der Waals surface area contributed by atoms with E-state index in [-0.39, 0.29) is 18.4 Å². The van der Waals surface area contributed by atoms with Gasteiger partial charge in [0.15, 0.2) is 11.5 Å². The van der Waals surface area contributed by atoms with Gasteiger partial charge in [-0.3, -0.25) is 14.9 Å². The Bertz CT molecular complexity index is 1110. The lowest BCUT2D eigenvalue weighted by Gasteiger charge is -2.13. The first kappa shape index (κ1) is 25.0. The van der Waals surface area contributed by atoms with Gasteiger partial charge < -0.3 is 24.1 Å². The van der Waals surface area contributed by atoms with Crippen molar-refractivity contribution in [2.24, 2.45) is 0 Å². The molecule has 1 heterocycles. The van der Waals surface area contributed by atoms with E-state index < -0.39 is 0 Å². The summed E-state index contributed by atoms with van der Waals surface area (Å²) in [5.41, 5.74) is 2.09. The molecule has 0 saturated heterocycles. The molecule has 2 amide bonds. The smallest absolute Gasteiger partial charge is 0.251 e. The van der Waals surface area contributed by atoms with Crippen LogP contribution in [0.1, 0.15) is 37.6 Å². The van der Waals surface area contributed by atoms with Crippen molar-refractivity contribution in [3.63, 3.8) is 0 Å². The van der Waals surface area contributed by atoms with Gasteiger partial charge in [-0.15, -0.1) is 0 Å². The molecule has 3 aromatic rings. The zero-order valence-electron chi connectivity index (χ0n) is 19.9. The first-order valence-corrected chi connectivity index (χ1v) is 11.6. The van der Waals surface area contributed by atoms with E-state index in [2.05, 4.69) is 15.6 Å². The second-order valence-corrected chi connectivity index (χ2v) is 7.38. The highest BCUT2D eigenvalue weighted by Gasteiger charge is 2.15. The number of carbonyl (C=O) groups is 2. The minimum Gasteiger partial charge on any atom is -0.490 e. The molecule has 9 heteroatoms. The van der Waals surface area contributed by atoms with Gasteiger partial charge >= 0.3 is 0 Å². The number of anilines is 1. The van der Waals surface area contributed by atoms with E-state index in [9.17, 15) is 9.59 Å². The number of fused-ring (bicyclic) bond motifs is 1. The van der Waals surface area contributed by atoms with Crippen LogP contribution in [-0.2, 0) is 16.1 Å². The van der Waals surface area contributed by atoms with Crippen LogP contribution in [0.15, 0.2) is 42.5 Å². The molecule has 0 unspecified atom stereocenters. The van der Waals surface area contributed by atoms with E-state index in [1.54, 1.807) is 18.2 Å². The Hall–Kier alpha value is -3.59. The highest BCUT2D eigenvalue weighted by molar-refractivity contribution is 5.99. The standard InChI is InChI=1S/C25H32N4O5/c1-4-32-15-9-14-29-20-11-8-7-10-19(20)27-25(29)28-23(30)17-26-24(31)18-12-13-21(33-5-2)22(16-18)34-6-3/h7-8,10-13,16H,4-6,9,14-15,17H2,1-3H3,(H,26,31)(H,27,28,30). The molecule has 0 aliphatic heterocycles. The number of hydrogen-bond donors (Lipinski definition) is 2. The molecule has 0 bridgehead atoms. The number of hydrogen-bond acceptors (Lipinski definition) is 6. The predicted molar refractivity (Wildman–Crippen MR) is 131 cm³/mol. The predicted octanol–water partition coefficient (Wildman–Crippen LogP) is 3.63. The minimum absolute atomic E-state index is 0.196. The summed E-state index contributed by atoms with van der Waals surface area (Å²) in [5, 5.41) is 5.47. The number of aromatic nitrogens is 2. The van der Waals surface area contributed by atoms with Gasteiger partial charge in [0, 0.05) is 25.3 Å². The quantitative estimate of drug-likeness (QED) is 0.371. The van der Waals surface area contributed by atoms with Gasteiger partial charge in [0.2, 0.25) is 11.9 Å². The Morgan fingerprint density at radius 3 is 2.50 bits per heavy atom. The summed E-state index contributed by atoms with van der Waals surface area (Å²) < 4.78 is 18.5. The van der Waals surface area contributed by atoms with Gasteiger partial charge in [-0.1, -0.05) is 12.1 Å². The molecule has 9 nitrogen and oxygen atoms in total. The Kier molecular flexibility index (Phi) is 9.28. The van der Waals surface area contributed by atoms with Crippen molar-refractivity contribution in [1.82, 2.24) is 14.9 Å². The van der Waals surface area contributed by atoms with Crippen molar-refractivity contribution >= 4 is 28.8 Å². The van der Waals surface area contributed by atoms with Gasteiger partial charge in [0.25, 0.3) is 5.91 Å². The molecule has 0 aliphatic rings.